The predicted molar refractivity (Wildman–Crippen MR) is 67.6 cm³/mol. The van der Waals surface area contributed by atoms with Crippen molar-refractivity contribution in [3.8, 4) is 0 Å². The maximum Gasteiger partial charge on any atom is 0.335 e. The fourth-order valence-electron chi connectivity index (χ4n) is 1.76. The van der Waals surface area contributed by atoms with Crippen LogP contribution in [0.25, 0.3) is 16.8 Å². The standard InChI is InChI=1S/C14H10O4/c15-13(16)6-5-10-8-11(14(17)18)7-9-3-1-2-4-12(9)10/h1-8H,(H,15,16)(H,17,18). The van der Waals surface area contributed by atoms with E-state index in [4.69, 9.17) is 10.2 Å². The van der Waals surface area contributed by atoms with Gasteiger partial charge in [-0.1, -0.05) is 24.3 Å². The van der Waals surface area contributed by atoms with Crippen molar-refractivity contribution in [2.45, 2.75) is 0 Å². The van der Waals surface area contributed by atoms with Gasteiger partial charge in [0.05, 0.1) is 5.56 Å². The number of rotatable bonds is 3. The second-order valence-electron chi connectivity index (χ2n) is 3.76. The van der Waals surface area contributed by atoms with Crippen LogP contribution in [0.15, 0.2) is 42.5 Å². The number of hydrogen-bond acceptors (Lipinski definition) is 2. The van der Waals surface area contributed by atoms with E-state index in [1.807, 2.05) is 12.1 Å². The third-order valence-corrected chi connectivity index (χ3v) is 2.55. The Morgan fingerprint density at radius 3 is 2.44 bits per heavy atom. The van der Waals surface area contributed by atoms with Gasteiger partial charge in [0.15, 0.2) is 0 Å². The lowest BCUT2D eigenvalue weighted by molar-refractivity contribution is -0.131. The molecule has 2 N–H and O–H groups in total. The minimum Gasteiger partial charge on any atom is -0.478 e. The van der Waals surface area contributed by atoms with Crippen molar-refractivity contribution in [2.75, 3.05) is 0 Å². The lowest BCUT2D eigenvalue weighted by atomic mass is 10.0. The highest BCUT2D eigenvalue weighted by Gasteiger charge is 2.07. The van der Waals surface area contributed by atoms with Crippen molar-refractivity contribution in [1.29, 1.82) is 0 Å². The molecule has 0 aliphatic carbocycles. The number of aliphatic carboxylic acids is 1. The van der Waals surface area contributed by atoms with Crippen molar-refractivity contribution < 1.29 is 19.8 Å². The van der Waals surface area contributed by atoms with Gasteiger partial charge in [-0.25, -0.2) is 9.59 Å². The van der Waals surface area contributed by atoms with E-state index >= 15 is 0 Å². The number of benzene rings is 2. The molecule has 0 atom stereocenters. The van der Waals surface area contributed by atoms with Crippen LogP contribution in [0.2, 0.25) is 0 Å². The average Bonchev–Trinajstić information content (AvgIpc) is 2.35. The highest BCUT2D eigenvalue weighted by atomic mass is 16.4. The van der Waals surface area contributed by atoms with E-state index in [2.05, 4.69) is 0 Å². The summed E-state index contributed by atoms with van der Waals surface area (Å²) >= 11 is 0. The summed E-state index contributed by atoms with van der Waals surface area (Å²) in [5.74, 6) is -2.11. The molecule has 0 aliphatic heterocycles. The Kier molecular flexibility index (Phi) is 3.10. The normalized spacial score (nSPS) is 10.9. The first-order chi connectivity index (χ1) is 8.58. The summed E-state index contributed by atoms with van der Waals surface area (Å²) in [5.41, 5.74) is 0.714. The summed E-state index contributed by atoms with van der Waals surface area (Å²) in [4.78, 5) is 21.5. The molecule has 0 aromatic heterocycles. The summed E-state index contributed by atoms with van der Waals surface area (Å²) in [6.45, 7) is 0. The molecule has 0 heterocycles. The molecule has 0 unspecified atom stereocenters. The molecule has 0 aliphatic rings. The average molecular weight is 242 g/mol. The SMILES string of the molecule is O=C(O)C=Cc1cc(C(=O)O)cc2ccccc12. The highest BCUT2D eigenvalue weighted by molar-refractivity contribution is 6.00. The van der Waals surface area contributed by atoms with Crippen LogP contribution in [-0.2, 0) is 4.79 Å². The molecule has 2 aromatic carbocycles. The van der Waals surface area contributed by atoms with E-state index < -0.39 is 11.9 Å². The zero-order valence-corrected chi connectivity index (χ0v) is 9.33. The van der Waals surface area contributed by atoms with Gasteiger partial charge in [0.25, 0.3) is 0 Å². The number of carboxylic acids is 2. The first-order valence-electron chi connectivity index (χ1n) is 5.25. The van der Waals surface area contributed by atoms with Gasteiger partial charge in [-0.3, -0.25) is 0 Å². The van der Waals surface area contributed by atoms with Gasteiger partial charge in [0.1, 0.15) is 0 Å². The van der Waals surface area contributed by atoms with Crippen LogP contribution in [0.3, 0.4) is 0 Å². The number of aromatic carboxylic acids is 1. The summed E-state index contributed by atoms with van der Waals surface area (Å²) in [6, 6.07) is 10.3. The summed E-state index contributed by atoms with van der Waals surface area (Å²) in [6.07, 6.45) is 2.39. The minimum absolute atomic E-state index is 0.138. The molecule has 4 nitrogen and oxygen atoms in total. The molecule has 18 heavy (non-hydrogen) atoms. The quantitative estimate of drug-likeness (QED) is 0.811. The van der Waals surface area contributed by atoms with Crippen LogP contribution in [0.4, 0.5) is 0 Å². The Morgan fingerprint density at radius 2 is 1.78 bits per heavy atom. The van der Waals surface area contributed by atoms with E-state index in [1.54, 1.807) is 18.2 Å². The van der Waals surface area contributed by atoms with Gasteiger partial charge in [0.2, 0.25) is 0 Å². The Hall–Kier alpha value is -2.62. The van der Waals surface area contributed by atoms with E-state index in [0.29, 0.717) is 5.56 Å². The summed E-state index contributed by atoms with van der Waals surface area (Å²) in [7, 11) is 0. The van der Waals surface area contributed by atoms with Crippen molar-refractivity contribution in [1.82, 2.24) is 0 Å². The molecule has 0 fully saturated rings. The largest absolute Gasteiger partial charge is 0.478 e. The molecule has 0 saturated heterocycles. The maximum absolute atomic E-state index is 11.0. The van der Waals surface area contributed by atoms with Gasteiger partial charge in [0, 0.05) is 6.08 Å². The zero-order chi connectivity index (χ0) is 13.1. The monoisotopic (exact) mass is 242 g/mol. The maximum atomic E-state index is 11.0. The Morgan fingerprint density at radius 1 is 1.06 bits per heavy atom. The lowest BCUT2D eigenvalue weighted by Crippen LogP contribution is -1.97. The van der Waals surface area contributed by atoms with Crippen molar-refractivity contribution in [3.63, 3.8) is 0 Å². The Balaban J connectivity index is 2.68. The molecule has 0 radical (unpaired) electrons. The minimum atomic E-state index is -1.07. The van der Waals surface area contributed by atoms with E-state index in [-0.39, 0.29) is 5.56 Å². The van der Waals surface area contributed by atoms with E-state index in [9.17, 15) is 9.59 Å². The topological polar surface area (TPSA) is 74.6 Å². The van der Waals surface area contributed by atoms with Gasteiger partial charge in [-0.2, -0.15) is 0 Å². The van der Waals surface area contributed by atoms with Crippen LogP contribution in [0.1, 0.15) is 15.9 Å². The second kappa shape index (κ2) is 4.71. The number of hydrogen-bond donors (Lipinski definition) is 2. The Bertz CT molecular complexity index is 656. The van der Waals surface area contributed by atoms with Crippen LogP contribution in [0.5, 0.6) is 0 Å². The molecule has 4 heteroatoms. The summed E-state index contributed by atoms with van der Waals surface area (Å²) < 4.78 is 0. The van der Waals surface area contributed by atoms with Gasteiger partial charge in [-0.15, -0.1) is 0 Å². The predicted octanol–water partition coefficient (Wildman–Crippen LogP) is 2.64. The molecule has 0 amide bonds. The lowest BCUT2D eigenvalue weighted by Gasteiger charge is -2.04. The highest BCUT2D eigenvalue weighted by Crippen LogP contribution is 2.22. The smallest absolute Gasteiger partial charge is 0.335 e. The molecule has 0 saturated carbocycles. The molecule has 0 bridgehead atoms. The first kappa shape index (κ1) is 11.9. The van der Waals surface area contributed by atoms with Crippen LogP contribution < -0.4 is 0 Å². The van der Waals surface area contributed by atoms with Crippen molar-refractivity contribution in [2.24, 2.45) is 0 Å². The van der Waals surface area contributed by atoms with Crippen LogP contribution in [0, 0.1) is 0 Å². The third-order valence-electron chi connectivity index (χ3n) is 2.55. The molecule has 0 spiro atoms. The first-order valence-corrected chi connectivity index (χ1v) is 5.25. The number of carbonyl (C=O) groups is 2. The molecule has 2 rings (SSSR count). The fourth-order valence-corrected chi connectivity index (χ4v) is 1.76. The third kappa shape index (κ3) is 2.38. The fraction of sp³-hybridized carbons (Fsp3) is 0. The molecule has 90 valence electrons. The molecule has 2 aromatic rings. The van der Waals surface area contributed by atoms with Gasteiger partial charge >= 0.3 is 11.9 Å². The zero-order valence-electron chi connectivity index (χ0n) is 9.33. The summed E-state index contributed by atoms with van der Waals surface area (Å²) in [5, 5.41) is 19.2. The van der Waals surface area contributed by atoms with E-state index in [1.165, 1.54) is 12.1 Å². The number of carboxylic acid groups (broad SMARTS) is 2. The van der Waals surface area contributed by atoms with E-state index in [0.717, 1.165) is 16.8 Å². The molecular formula is C14H10O4. The van der Waals surface area contributed by atoms with Gasteiger partial charge in [-0.05, 0) is 34.5 Å². The van der Waals surface area contributed by atoms with Gasteiger partial charge < -0.3 is 10.2 Å². The van der Waals surface area contributed by atoms with Crippen LogP contribution >= 0.6 is 0 Å². The Labute approximate surface area is 103 Å². The molecular weight excluding hydrogens is 232 g/mol. The second-order valence-corrected chi connectivity index (χ2v) is 3.76. The van der Waals surface area contributed by atoms with Crippen molar-refractivity contribution in [3.05, 3.63) is 53.6 Å². The number of fused-ring (bicyclic) bond motifs is 1. The van der Waals surface area contributed by atoms with Crippen molar-refractivity contribution >= 4 is 28.8 Å². The van der Waals surface area contributed by atoms with Crippen LogP contribution in [-0.4, -0.2) is 22.2 Å².